The zero-order valence-corrected chi connectivity index (χ0v) is 30.1. The number of hydrogen-bond acceptors (Lipinski definition) is 2. The second-order valence-electron chi connectivity index (χ2n) is 15.2. The monoisotopic (exact) mass is 667 g/mol. The van der Waals surface area contributed by atoms with Gasteiger partial charge >= 0.3 is 0 Å². The fourth-order valence-electron chi connectivity index (χ4n) is 7.92. The smallest absolute Gasteiger partial charge is 0.254 e. The molecule has 0 spiro atoms. The van der Waals surface area contributed by atoms with Crippen LogP contribution in [0.5, 0.6) is 11.5 Å². The van der Waals surface area contributed by atoms with Gasteiger partial charge in [0.1, 0.15) is 34.9 Å². The molecule has 5 nitrogen and oxygen atoms in total. The predicted octanol–water partition coefficient (Wildman–Crippen LogP) is 10.3. The van der Waals surface area contributed by atoms with Gasteiger partial charge in [-0.2, -0.15) is 4.40 Å². The van der Waals surface area contributed by atoms with Crippen molar-refractivity contribution in [3.63, 3.8) is 0 Å². The van der Waals surface area contributed by atoms with Gasteiger partial charge in [-0.15, -0.1) is 0 Å². The Morgan fingerprint density at radius 3 is 2.20 bits per heavy atom. The van der Waals surface area contributed by atoms with Gasteiger partial charge in [-0.1, -0.05) is 63.2 Å². The van der Waals surface area contributed by atoms with E-state index in [1.807, 2.05) is 12.3 Å². The number of rotatable bonds is 4. The fraction of sp³-hybridized carbons (Fsp3) is 0.217. The van der Waals surface area contributed by atoms with Gasteiger partial charge in [0.25, 0.3) is 6.33 Å². The quantitative estimate of drug-likeness (QED) is 0.175. The molecule has 4 aromatic carbocycles. The molecule has 5 heteroatoms. The summed E-state index contributed by atoms with van der Waals surface area (Å²) in [6.07, 6.45) is 10.5. The molecule has 4 aromatic heterocycles. The molecule has 4 aliphatic rings. The van der Waals surface area contributed by atoms with E-state index >= 15 is 0 Å². The minimum absolute atomic E-state index is 0.0154. The molecule has 2 aliphatic carbocycles. The largest absolute Gasteiger partial charge is 0.457 e. The van der Waals surface area contributed by atoms with E-state index in [1.54, 1.807) is 0 Å². The maximum Gasteiger partial charge on any atom is 0.254 e. The Morgan fingerprint density at radius 2 is 1.37 bits per heavy atom. The summed E-state index contributed by atoms with van der Waals surface area (Å²) >= 11 is 0. The van der Waals surface area contributed by atoms with Crippen molar-refractivity contribution in [2.75, 3.05) is 0 Å². The number of nitrogens with zero attached hydrogens (tertiary/aromatic N) is 4. The molecule has 0 saturated heterocycles. The maximum absolute atomic E-state index is 6.63. The Bertz CT molecular complexity index is 2560. The van der Waals surface area contributed by atoms with Crippen LogP contribution in [0.3, 0.4) is 0 Å². The minimum Gasteiger partial charge on any atom is -0.457 e. The van der Waals surface area contributed by atoms with Crippen molar-refractivity contribution >= 4 is 27.3 Å². The first-order valence-electron chi connectivity index (χ1n) is 18.1. The van der Waals surface area contributed by atoms with Crippen LogP contribution in [0.4, 0.5) is 0 Å². The van der Waals surface area contributed by atoms with E-state index < -0.39 is 0 Å². The number of benzene rings is 4. The third-order valence-corrected chi connectivity index (χ3v) is 11.0. The molecule has 0 unspecified atom stereocenters. The summed E-state index contributed by atoms with van der Waals surface area (Å²) < 4.78 is 13.5. The third kappa shape index (κ3) is 5.48. The molecule has 12 rings (SSSR count). The van der Waals surface area contributed by atoms with E-state index in [0.717, 1.165) is 59.7 Å². The Kier molecular flexibility index (Phi) is 7.36. The van der Waals surface area contributed by atoms with Crippen LogP contribution in [0.15, 0.2) is 122 Å². The van der Waals surface area contributed by atoms with Crippen LogP contribution in [0.2, 0.25) is 0 Å². The van der Waals surface area contributed by atoms with Gasteiger partial charge in [0.2, 0.25) is 0 Å². The molecule has 252 valence electrons. The summed E-state index contributed by atoms with van der Waals surface area (Å²) in [5.74, 6) is 2.49. The summed E-state index contributed by atoms with van der Waals surface area (Å²) in [6.45, 7) is 11.3. The molecule has 0 atom stereocenters. The fourth-order valence-corrected chi connectivity index (χ4v) is 7.92. The highest BCUT2D eigenvalue weighted by atomic mass is 16.5. The summed E-state index contributed by atoms with van der Waals surface area (Å²) in [7, 11) is 0. The van der Waals surface area contributed by atoms with E-state index in [9.17, 15) is 0 Å². The van der Waals surface area contributed by atoms with Crippen molar-refractivity contribution in [2.24, 2.45) is 0 Å². The van der Waals surface area contributed by atoms with Crippen molar-refractivity contribution in [1.29, 1.82) is 0 Å². The first-order chi connectivity index (χ1) is 24.7. The van der Waals surface area contributed by atoms with Crippen molar-refractivity contribution in [2.45, 2.75) is 65.7 Å². The van der Waals surface area contributed by atoms with Crippen LogP contribution in [0, 0.1) is 13.8 Å². The van der Waals surface area contributed by atoms with Crippen LogP contribution >= 0.6 is 0 Å². The first kappa shape index (κ1) is 31.3. The van der Waals surface area contributed by atoms with Gasteiger partial charge < -0.3 is 4.74 Å². The highest BCUT2D eigenvalue weighted by Gasteiger charge is 2.21. The number of aryl methyl sites for hydroxylation is 4. The number of para-hydroxylation sites is 1. The van der Waals surface area contributed by atoms with Crippen molar-refractivity contribution < 1.29 is 9.30 Å². The number of hydrogen-bond donors (Lipinski definition) is 0. The normalized spacial score (nSPS) is 13.3. The lowest BCUT2D eigenvalue weighted by Crippen LogP contribution is -2.27. The van der Waals surface area contributed by atoms with Crippen LogP contribution in [0.25, 0.3) is 38.8 Å². The van der Waals surface area contributed by atoms with Crippen molar-refractivity contribution in [1.82, 2.24) is 14.0 Å². The number of ether oxygens (including phenoxy) is 1. The van der Waals surface area contributed by atoms with Crippen LogP contribution in [0.1, 0.15) is 59.8 Å². The van der Waals surface area contributed by atoms with Gasteiger partial charge in [-0.3, -0.25) is 4.57 Å². The molecule has 0 fully saturated rings. The molecular weight excluding hydrogens is 625 g/mol. The molecule has 4 bridgehead atoms. The first-order valence-corrected chi connectivity index (χ1v) is 18.1. The zero-order chi connectivity index (χ0) is 34.9. The van der Waals surface area contributed by atoms with Gasteiger partial charge in [0.15, 0.2) is 5.52 Å². The van der Waals surface area contributed by atoms with E-state index in [4.69, 9.17) is 9.72 Å². The second-order valence-corrected chi connectivity index (χ2v) is 15.2. The highest BCUT2D eigenvalue weighted by molar-refractivity contribution is 6.09. The van der Waals surface area contributed by atoms with Gasteiger partial charge in [0.05, 0.1) is 11.0 Å². The van der Waals surface area contributed by atoms with Crippen LogP contribution in [-0.2, 0) is 31.1 Å². The molecule has 0 N–H and O–H groups in total. The highest BCUT2D eigenvalue weighted by Crippen LogP contribution is 2.36. The molecule has 8 aromatic rings. The van der Waals surface area contributed by atoms with Crippen LogP contribution in [-0.4, -0.2) is 14.0 Å². The second kappa shape index (κ2) is 12.0. The van der Waals surface area contributed by atoms with E-state index in [0.29, 0.717) is 0 Å². The third-order valence-electron chi connectivity index (χ3n) is 11.0. The standard InChI is InChI=1S/C46H43N4O/c1-30-31(2)33-14-13-32(30)15-16-34-18-20-36(19-17-33)49-29-48(28-44(34)49)37-9-8-10-38(26-37)51-39-21-22-41-40-11-6-7-12-42(40)50(43(41)27-39)45-25-35(23-24-47-45)46(3,4)5/h6-14,18,20-29H,15-17,19H2,1-5H3/q+1. The summed E-state index contributed by atoms with van der Waals surface area (Å²) in [6, 6.07) is 37.1. The van der Waals surface area contributed by atoms with E-state index in [2.05, 4.69) is 158 Å². The lowest BCUT2D eigenvalue weighted by atomic mass is 9.88. The molecule has 0 radical (unpaired) electrons. The van der Waals surface area contributed by atoms with E-state index in [-0.39, 0.29) is 5.41 Å². The van der Waals surface area contributed by atoms with E-state index in [1.165, 1.54) is 55.4 Å². The Balaban J connectivity index is 1.08. The molecule has 51 heavy (non-hydrogen) atoms. The SMILES string of the molecule is Cc1c2ccc(c1C)CCc1ccc(c3c[n+](-c4cccc(Oc5ccc6c7ccccc7n(-c7cc(C(C)(C)C)ccn7)c6c5)c4)cn13)CC2. The average Bonchev–Trinajstić information content (AvgIpc) is 3.72. The van der Waals surface area contributed by atoms with Gasteiger partial charge in [0, 0.05) is 41.1 Å². The molecular formula is C46H43N4O+. The summed E-state index contributed by atoms with van der Waals surface area (Å²) in [5, 5.41) is 2.37. The molecule has 6 heterocycles. The van der Waals surface area contributed by atoms with Crippen LogP contribution < -0.4 is 9.30 Å². The number of imidazole rings is 1. The Hall–Kier alpha value is -5.68. The Labute approximate surface area is 299 Å². The molecule has 0 amide bonds. The van der Waals surface area contributed by atoms with Gasteiger partial charge in [-0.25, -0.2) is 9.55 Å². The topological polar surface area (TPSA) is 35.3 Å². The number of pyridine rings is 2. The maximum atomic E-state index is 6.63. The summed E-state index contributed by atoms with van der Waals surface area (Å²) in [5.41, 5.74) is 14.3. The average molecular weight is 668 g/mol. The molecule has 2 aliphatic heterocycles. The van der Waals surface area contributed by atoms with Crippen molar-refractivity contribution in [3.05, 3.63) is 161 Å². The predicted molar refractivity (Wildman–Crippen MR) is 207 cm³/mol. The molecule has 0 saturated carbocycles. The Morgan fingerprint density at radius 1 is 0.647 bits per heavy atom. The zero-order valence-electron chi connectivity index (χ0n) is 30.1. The minimum atomic E-state index is 0.0154. The number of aromatic nitrogens is 4. The number of fused-ring (bicyclic) bond motifs is 3. The summed E-state index contributed by atoms with van der Waals surface area (Å²) in [4.78, 5) is 4.85. The van der Waals surface area contributed by atoms with Gasteiger partial charge in [-0.05, 0) is 115 Å². The lowest BCUT2D eigenvalue weighted by molar-refractivity contribution is -0.594. The lowest BCUT2D eigenvalue weighted by Gasteiger charge is -2.20. The van der Waals surface area contributed by atoms with Crippen molar-refractivity contribution in [3.8, 4) is 23.0 Å².